The van der Waals surface area contributed by atoms with E-state index in [4.69, 9.17) is 11.6 Å². The number of halogens is 1. The molecule has 0 atom stereocenters. The van der Waals surface area contributed by atoms with Crippen molar-refractivity contribution in [3.05, 3.63) is 46.5 Å². The van der Waals surface area contributed by atoms with E-state index in [0.717, 1.165) is 35.9 Å². The van der Waals surface area contributed by atoms with Gasteiger partial charge < -0.3 is 0 Å². The van der Waals surface area contributed by atoms with Crippen molar-refractivity contribution in [1.29, 1.82) is 0 Å². The Labute approximate surface area is 192 Å². The first-order valence-electron chi connectivity index (χ1n) is 11.8. The van der Waals surface area contributed by atoms with Crippen molar-refractivity contribution in [2.45, 2.75) is 100 Å². The van der Waals surface area contributed by atoms with Gasteiger partial charge in [-0.3, -0.25) is 9.79 Å². The van der Waals surface area contributed by atoms with Crippen molar-refractivity contribution in [3.8, 4) is 0 Å². The lowest BCUT2D eigenvalue weighted by atomic mass is 9.91. The third-order valence-electron chi connectivity index (χ3n) is 4.60. The SMILES string of the molecule is CC.CC/C=C\C(=NCCC)C(C)=O.CC1CCCCC1.Cc1ccc(C)c(Cl)c1. The Bertz CT molecular complexity index is 613. The van der Waals surface area contributed by atoms with E-state index in [9.17, 15) is 4.79 Å². The zero-order valence-electron chi connectivity index (χ0n) is 20.9. The lowest BCUT2D eigenvalue weighted by Crippen LogP contribution is -2.07. The van der Waals surface area contributed by atoms with Crippen LogP contribution in [0.5, 0.6) is 0 Å². The van der Waals surface area contributed by atoms with E-state index >= 15 is 0 Å². The molecule has 0 spiro atoms. The average Bonchev–Trinajstić information content (AvgIpc) is 2.74. The molecule has 0 N–H and O–H groups in total. The first-order valence-corrected chi connectivity index (χ1v) is 12.1. The third-order valence-corrected chi connectivity index (χ3v) is 5.01. The molecule has 0 unspecified atom stereocenters. The second-order valence-corrected chi connectivity index (χ2v) is 8.04. The summed E-state index contributed by atoms with van der Waals surface area (Å²) in [5.74, 6) is 1.09. The molecule has 1 aliphatic carbocycles. The number of hydrogen-bond acceptors (Lipinski definition) is 2. The van der Waals surface area contributed by atoms with Gasteiger partial charge in [-0.15, -0.1) is 0 Å². The molecule has 0 radical (unpaired) electrons. The van der Waals surface area contributed by atoms with E-state index in [1.807, 2.05) is 59.8 Å². The Morgan fingerprint density at radius 1 is 1.13 bits per heavy atom. The fraction of sp³-hybridized carbons (Fsp3) is 0.630. The number of Topliss-reactive ketones (excluding diaryl/α,β-unsaturated/α-hetero) is 1. The lowest BCUT2D eigenvalue weighted by molar-refractivity contribution is -0.111. The van der Waals surface area contributed by atoms with Crippen LogP contribution in [0.4, 0.5) is 0 Å². The summed E-state index contributed by atoms with van der Waals surface area (Å²) in [6.07, 6.45) is 13.1. The number of carbonyl (C=O) groups is 1. The molecule has 0 heterocycles. The zero-order valence-corrected chi connectivity index (χ0v) is 21.6. The van der Waals surface area contributed by atoms with Crippen LogP contribution < -0.4 is 0 Å². The molecule has 1 saturated carbocycles. The molecule has 30 heavy (non-hydrogen) atoms. The number of allylic oxidation sites excluding steroid dienone is 2. The molecule has 172 valence electrons. The molecule has 0 saturated heterocycles. The number of rotatable bonds is 5. The normalized spacial score (nSPS) is 14.0. The Hall–Kier alpha value is -1.41. The number of aliphatic imine (C=N–C) groups is 1. The summed E-state index contributed by atoms with van der Waals surface area (Å²) >= 11 is 5.81. The first kappa shape index (κ1) is 30.8. The maximum Gasteiger partial charge on any atom is 0.177 e. The van der Waals surface area contributed by atoms with E-state index < -0.39 is 0 Å². The van der Waals surface area contributed by atoms with Gasteiger partial charge in [0.1, 0.15) is 0 Å². The van der Waals surface area contributed by atoms with Crippen LogP contribution in [0.2, 0.25) is 5.02 Å². The van der Waals surface area contributed by atoms with Gasteiger partial charge in [-0.25, -0.2) is 0 Å². The van der Waals surface area contributed by atoms with Crippen molar-refractivity contribution in [3.63, 3.8) is 0 Å². The molecular weight excluding hydrogens is 390 g/mol. The summed E-state index contributed by atoms with van der Waals surface area (Å²) in [5, 5.41) is 0.856. The minimum Gasteiger partial charge on any atom is -0.293 e. The molecular formula is C27H46ClNO. The molecule has 1 aromatic carbocycles. The number of nitrogens with zero attached hydrogens (tertiary/aromatic N) is 1. The van der Waals surface area contributed by atoms with Crippen LogP contribution in [0.1, 0.15) is 97.6 Å². The van der Waals surface area contributed by atoms with Gasteiger partial charge in [0.15, 0.2) is 5.78 Å². The quantitative estimate of drug-likeness (QED) is 0.424. The zero-order chi connectivity index (χ0) is 23.4. The van der Waals surface area contributed by atoms with E-state index in [0.29, 0.717) is 5.71 Å². The van der Waals surface area contributed by atoms with Crippen LogP contribution in [0.3, 0.4) is 0 Å². The predicted molar refractivity (Wildman–Crippen MR) is 137 cm³/mol. The average molecular weight is 436 g/mol. The fourth-order valence-corrected chi connectivity index (χ4v) is 2.98. The number of benzene rings is 1. The minimum atomic E-state index is 0.0492. The number of ketones is 1. The maximum absolute atomic E-state index is 11.0. The van der Waals surface area contributed by atoms with Crippen LogP contribution in [0, 0.1) is 19.8 Å². The van der Waals surface area contributed by atoms with Crippen LogP contribution >= 0.6 is 11.6 Å². The summed E-state index contributed by atoms with van der Waals surface area (Å²) in [7, 11) is 0. The van der Waals surface area contributed by atoms with Crippen molar-refractivity contribution in [1.82, 2.24) is 0 Å². The monoisotopic (exact) mass is 435 g/mol. The Morgan fingerprint density at radius 2 is 1.73 bits per heavy atom. The summed E-state index contributed by atoms with van der Waals surface area (Å²) < 4.78 is 0. The van der Waals surface area contributed by atoms with E-state index in [-0.39, 0.29) is 5.78 Å². The Morgan fingerprint density at radius 3 is 2.10 bits per heavy atom. The molecule has 3 heteroatoms. The molecule has 0 bridgehead atoms. The standard InChI is InChI=1S/C10H17NO.C8H9Cl.C7H14.C2H6/c1-4-6-7-10(9(3)12)11-8-5-2;1-6-3-4-7(2)8(9)5-6;1-7-5-3-2-4-6-7;1-2/h6-7H,4-5,8H2,1-3H3;3-5H,1-2H3;7H,2-6H2,1H3;1-2H3/b7-6-,11-10?;;;. The van der Waals surface area contributed by atoms with Crippen LogP contribution in [-0.2, 0) is 4.79 Å². The van der Waals surface area contributed by atoms with Crippen LogP contribution in [0.25, 0.3) is 0 Å². The Balaban J connectivity index is 0. The van der Waals surface area contributed by atoms with Gasteiger partial charge in [0, 0.05) is 18.5 Å². The van der Waals surface area contributed by atoms with Crippen molar-refractivity contribution >= 4 is 23.1 Å². The van der Waals surface area contributed by atoms with Crippen LogP contribution in [-0.4, -0.2) is 18.0 Å². The molecule has 0 aromatic heterocycles. The first-order chi connectivity index (χ1) is 14.3. The van der Waals surface area contributed by atoms with Gasteiger partial charge in [-0.05, 0) is 55.9 Å². The topological polar surface area (TPSA) is 29.4 Å². The Kier molecular flexibility index (Phi) is 21.4. The molecule has 2 rings (SSSR count). The highest BCUT2D eigenvalue weighted by Gasteiger charge is 2.06. The summed E-state index contributed by atoms with van der Waals surface area (Å²) in [5.41, 5.74) is 2.95. The van der Waals surface area contributed by atoms with Gasteiger partial charge in [-0.2, -0.15) is 0 Å². The highest BCUT2D eigenvalue weighted by molar-refractivity contribution is 6.43. The van der Waals surface area contributed by atoms with Gasteiger partial charge >= 0.3 is 0 Å². The highest BCUT2D eigenvalue weighted by atomic mass is 35.5. The smallest absolute Gasteiger partial charge is 0.177 e. The van der Waals surface area contributed by atoms with Crippen molar-refractivity contribution < 1.29 is 4.79 Å². The molecule has 1 aliphatic rings. The van der Waals surface area contributed by atoms with E-state index in [1.54, 1.807) is 13.0 Å². The van der Waals surface area contributed by atoms with E-state index in [2.05, 4.69) is 18.0 Å². The number of carbonyl (C=O) groups excluding carboxylic acids is 1. The molecule has 1 fully saturated rings. The van der Waals surface area contributed by atoms with E-state index in [1.165, 1.54) is 37.7 Å². The summed E-state index contributed by atoms with van der Waals surface area (Å²) in [4.78, 5) is 15.1. The largest absolute Gasteiger partial charge is 0.293 e. The number of aryl methyl sites for hydroxylation is 2. The summed E-state index contributed by atoms with van der Waals surface area (Å²) in [6, 6.07) is 6.05. The molecule has 0 aliphatic heterocycles. The second-order valence-electron chi connectivity index (χ2n) is 7.63. The molecule has 2 nitrogen and oxygen atoms in total. The minimum absolute atomic E-state index is 0.0492. The molecule has 1 aromatic rings. The fourth-order valence-electron chi connectivity index (χ4n) is 2.75. The number of hydrogen-bond donors (Lipinski definition) is 0. The lowest BCUT2D eigenvalue weighted by Gasteiger charge is -2.15. The molecule has 0 amide bonds. The van der Waals surface area contributed by atoms with Crippen LogP contribution in [0.15, 0.2) is 35.3 Å². The van der Waals surface area contributed by atoms with Gasteiger partial charge in [-0.1, -0.05) is 96.5 Å². The van der Waals surface area contributed by atoms with Crippen molar-refractivity contribution in [2.75, 3.05) is 6.54 Å². The van der Waals surface area contributed by atoms with Crippen molar-refractivity contribution in [2.24, 2.45) is 10.9 Å². The highest BCUT2D eigenvalue weighted by Crippen LogP contribution is 2.22. The maximum atomic E-state index is 11.0. The van der Waals surface area contributed by atoms with Gasteiger partial charge in [0.05, 0.1) is 5.71 Å². The van der Waals surface area contributed by atoms with Gasteiger partial charge in [0.2, 0.25) is 0 Å². The summed E-state index contributed by atoms with van der Waals surface area (Å²) in [6.45, 7) is 16.8. The second kappa shape index (κ2) is 20.8. The van der Waals surface area contributed by atoms with Gasteiger partial charge in [0.25, 0.3) is 0 Å². The third kappa shape index (κ3) is 17.4. The predicted octanol–water partition coefficient (Wildman–Crippen LogP) is 8.96.